The van der Waals surface area contributed by atoms with Crippen LogP contribution in [0, 0.1) is 5.92 Å². The molecule has 0 spiro atoms. The van der Waals surface area contributed by atoms with E-state index in [1.165, 1.54) is 5.56 Å². The normalized spacial score (nSPS) is 12.5. The maximum atomic E-state index is 11.5. The van der Waals surface area contributed by atoms with E-state index < -0.39 is 0 Å². The second kappa shape index (κ2) is 6.40. The number of rotatable bonds is 5. The van der Waals surface area contributed by atoms with Crippen molar-refractivity contribution in [2.24, 2.45) is 5.92 Å². The maximum Gasteiger partial charge on any atom is 0.229 e. The Labute approximate surface area is 103 Å². The monoisotopic (exact) mass is 235 g/mol. The lowest BCUT2D eigenvalue weighted by molar-refractivity contribution is -0.123. The summed E-state index contributed by atoms with van der Waals surface area (Å²) in [6.07, 6.45) is 1.05. The van der Waals surface area contributed by atoms with Crippen molar-refractivity contribution in [2.45, 2.75) is 33.1 Å². The molecule has 17 heavy (non-hydrogen) atoms. The van der Waals surface area contributed by atoms with E-state index in [4.69, 9.17) is 5.11 Å². The van der Waals surface area contributed by atoms with Crippen molar-refractivity contribution < 1.29 is 9.90 Å². The van der Waals surface area contributed by atoms with E-state index in [0.29, 0.717) is 5.92 Å². The molecule has 0 heterocycles. The number of aliphatic hydroxyl groups is 1. The Balaban J connectivity index is 2.70. The molecule has 1 unspecified atom stereocenters. The van der Waals surface area contributed by atoms with Crippen LogP contribution in [0.2, 0.25) is 0 Å². The van der Waals surface area contributed by atoms with Gasteiger partial charge in [0, 0.05) is 0 Å². The number of benzene rings is 1. The van der Waals surface area contributed by atoms with Crippen molar-refractivity contribution >= 4 is 5.91 Å². The Morgan fingerprint density at radius 2 is 1.82 bits per heavy atom. The zero-order chi connectivity index (χ0) is 12.8. The molecule has 1 amide bonds. The van der Waals surface area contributed by atoms with Gasteiger partial charge < -0.3 is 10.4 Å². The summed E-state index contributed by atoms with van der Waals surface area (Å²) in [5, 5.41) is 11.1. The van der Waals surface area contributed by atoms with Crippen LogP contribution >= 0.6 is 0 Å². The first kappa shape index (κ1) is 13.7. The number of hydrogen-bond donors (Lipinski definition) is 2. The highest BCUT2D eigenvalue weighted by Crippen LogP contribution is 2.17. The summed E-state index contributed by atoms with van der Waals surface area (Å²) in [6.45, 7) is 5.90. The van der Waals surface area contributed by atoms with Gasteiger partial charge in [-0.05, 0) is 30.4 Å². The van der Waals surface area contributed by atoms with Crippen LogP contribution in [0.15, 0.2) is 24.3 Å². The largest absolute Gasteiger partial charge is 0.377 e. The molecule has 0 aromatic heterocycles. The minimum Gasteiger partial charge on any atom is -0.377 e. The fourth-order valence-corrected chi connectivity index (χ4v) is 1.80. The molecular formula is C14H21NO2. The Bertz CT molecular complexity index is 357. The fraction of sp³-hybridized carbons (Fsp3) is 0.500. The van der Waals surface area contributed by atoms with Crippen molar-refractivity contribution in [3.63, 3.8) is 0 Å². The van der Waals surface area contributed by atoms with Gasteiger partial charge in [0.2, 0.25) is 5.91 Å². The molecule has 0 aliphatic carbocycles. The topological polar surface area (TPSA) is 49.3 Å². The van der Waals surface area contributed by atoms with Crippen molar-refractivity contribution in [1.29, 1.82) is 0 Å². The van der Waals surface area contributed by atoms with Gasteiger partial charge in [-0.2, -0.15) is 0 Å². The summed E-state index contributed by atoms with van der Waals surface area (Å²) in [5.41, 5.74) is 2.27. The van der Waals surface area contributed by atoms with Crippen LogP contribution in [0.25, 0.3) is 0 Å². The number of amides is 1. The van der Waals surface area contributed by atoms with Crippen molar-refractivity contribution in [3.05, 3.63) is 35.4 Å². The number of hydrogen-bond acceptors (Lipinski definition) is 2. The molecule has 0 radical (unpaired) electrons. The Hall–Kier alpha value is -1.35. The van der Waals surface area contributed by atoms with Crippen LogP contribution in [-0.2, 0) is 11.2 Å². The van der Waals surface area contributed by atoms with E-state index in [9.17, 15) is 4.79 Å². The molecule has 94 valence electrons. The average molecular weight is 235 g/mol. The zero-order valence-corrected chi connectivity index (χ0v) is 10.7. The number of aliphatic hydroxyl groups excluding tert-OH is 1. The van der Waals surface area contributed by atoms with Crippen LogP contribution in [0.3, 0.4) is 0 Å². The van der Waals surface area contributed by atoms with Gasteiger partial charge in [0.25, 0.3) is 0 Å². The lowest BCUT2D eigenvalue weighted by atomic mass is 9.96. The molecule has 0 saturated heterocycles. The van der Waals surface area contributed by atoms with Gasteiger partial charge in [0.1, 0.15) is 6.73 Å². The standard InChI is InChI=1S/C14H21NO2/c1-10(2)8-12-4-6-13(7-5-12)11(3)14(17)15-9-16/h4-7,10-11,16H,8-9H2,1-3H3,(H,15,17). The Morgan fingerprint density at radius 1 is 1.24 bits per heavy atom. The first-order valence-electron chi connectivity index (χ1n) is 6.02. The fourth-order valence-electron chi connectivity index (χ4n) is 1.80. The third-order valence-electron chi connectivity index (χ3n) is 2.77. The minimum absolute atomic E-state index is 0.149. The van der Waals surface area contributed by atoms with Crippen molar-refractivity contribution in [3.8, 4) is 0 Å². The lowest BCUT2D eigenvalue weighted by Gasteiger charge is -2.12. The molecule has 0 fully saturated rings. The van der Waals surface area contributed by atoms with Gasteiger partial charge in [0.15, 0.2) is 0 Å². The third-order valence-corrected chi connectivity index (χ3v) is 2.77. The number of carbonyl (C=O) groups excluding carboxylic acids is 1. The predicted molar refractivity (Wildman–Crippen MR) is 68.6 cm³/mol. The highest BCUT2D eigenvalue weighted by atomic mass is 16.3. The highest BCUT2D eigenvalue weighted by Gasteiger charge is 2.14. The second-order valence-corrected chi connectivity index (χ2v) is 4.76. The smallest absolute Gasteiger partial charge is 0.229 e. The summed E-state index contributed by atoms with van der Waals surface area (Å²) in [6, 6.07) is 8.11. The van der Waals surface area contributed by atoms with Crippen LogP contribution in [0.1, 0.15) is 37.8 Å². The van der Waals surface area contributed by atoms with Gasteiger partial charge in [0.05, 0.1) is 5.92 Å². The van der Waals surface area contributed by atoms with Crippen LogP contribution in [0.5, 0.6) is 0 Å². The third kappa shape index (κ3) is 4.19. The van der Waals surface area contributed by atoms with Crippen molar-refractivity contribution in [2.75, 3.05) is 6.73 Å². The van der Waals surface area contributed by atoms with E-state index in [1.807, 2.05) is 19.1 Å². The Morgan fingerprint density at radius 3 is 2.29 bits per heavy atom. The summed E-state index contributed by atoms with van der Waals surface area (Å²) < 4.78 is 0. The molecule has 3 heteroatoms. The predicted octanol–water partition coefficient (Wildman–Crippen LogP) is 2.05. The van der Waals surface area contributed by atoms with Gasteiger partial charge in [-0.25, -0.2) is 0 Å². The summed E-state index contributed by atoms with van der Waals surface area (Å²) >= 11 is 0. The van der Waals surface area contributed by atoms with E-state index in [1.54, 1.807) is 0 Å². The molecule has 0 saturated carbocycles. The first-order chi connectivity index (χ1) is 8.04. The van der Waals surface area contributed by atoms with Crippen LogP contribution < -0.4 is 5.32 Å². The molecule has 1 aromatic rings. The quantitative estimate of drug-likeness (QED) is 0.767. The van der Waals surface area contributed by atoms with Gasteiger partial charge in [-0.3, -0.25) is 4.79 Å². The average Bonchev–Trinajstić information content (AvgIpc) is 2.28. The number of nitrogens with one attached hydrogen (secondary N) is 1. The zero-order valence-electron chi connectivity index (χ0n) is 10.7. The summed E-state index contributed by atoms with van der Waals surface area (Å²) in [7, 11) is 0. The van der Waals surface area contributed by atoms with E-state index in [-0.39, 0.29) is 18.6 Å². The highest BCUT2D eigenvalue weighted by molar-refractivity contribution is 5.83. The number of carbonyl (C=O) groups is 1. The first-order valence-corrected chi connectivity index (χ1v) is 6.02. The summed E-state index contributed by atoms with van der Waals surface area (Å²) in [4.78, 5) is 11.5. The Kier molecular flexibility index (Phi) is 5.16. The molecule has 0 bridgehead atoms. The summed E-state index contributed by atoms with van der Waals surface area (Å²) in [5.74, 6) is 0.260. The van der Waals surface area contributed by atoms with Crippen LogP contribution in [0.4, 0.5) is 0 Å². The second-order valence-electron chi connectivity index (χ2n) is 4.76. The molecule has 3 nitrogen and oxygen atoms in total. The minimum atomic E-state index is -0.311. The molecule has 1 atom stereocenters. The van der Waals surface area contributed by atoms with Crippen LogP contribution in [-0.4, -0.2) is 17.7 Å². The van der Waals surface area contributed by atoms with Gasteiger partial charge >= 0.3 is 0 Å². The molecule has 1 aromatic carbocycles. The van der Waals surface area contributed by atoms with Gasteiger partial charge in [-0.1, -0.05) is 38.1 Å². The lowest BCUT2D eigenvalue weighted by Crippen LogP contribution is -2.28. The maximum absolute atomic E-state index is 11.5. The van der Waals surface area contributed by atoms with E-state index in [0.717, 1.165) is 12.0 Å². The molecular weight excluding hydrogens is 214 g/mol. The van der Waals surface area contributed by atoms with Crippen molar-refractivity contribution in [1.82, 2.24) is 5.32 Å². The molecule has 0 aliphatic heterocycles. The SMILES string of the molecule is CC(C)Cc1ccc(C(C)C(=O)NCO)cc1. The van der Waals surface area contributed by atoms with E-state index >= 15 is 0 Å². The molecule has 1 rings (SSSR count). The van der Waals surface area contributed by atoms with Gasteiger partial charge in [-0.15, -0.1) is 0 Å². The van der Waals surface area contributed by atoms with E-state index in [2.05, 4.69) is 31.3 Å². The molecule has 2 N–H and O–H groups in total. The molecule has 0 aliphatic rings.